The molecule has 2 N–H and O–H groups in total. The van der Waals surface area contributed by atoms with Gasteiger partial charge in [0.15, 0.2) is 5.78 Å². The standard InChI is InChI=1S/C18H16ClN3O4/c1-11-7-8-14(21-22-17(18(25)26)20-15(23)10-19)13(9-11)16(24)12-5-3-2-4-6-12/h2-9,17H,10H2,1H3,(H,20,23)(H,25,26). The molecular formula is C18H16ClN3O4. The van der Waals surface area contributed by atoms with Crippen LogP contribution in [0.3, 0.4) is 0 Å². The first-order chi connectivity index (χ1) is 12.4. The molecule has 0 fully saturated rings. The molecule has 0 bridgehead atoms. The number of alkyl halides is 1. The van der Waals surface area contributed by atoms with E-state index in [9.17, 15) is 14.4 Å². The molecule has 0 heterocycles. The Balaban J connectivity index is 2.36. The molecule has 0 aromatic heterocycles. The highest BCUT2D eigenvalue weighted by molar-refractivity contribution is 6.27. The molecule has 2 aromatic carbocycles. The number of nitrogens with zero attached hydrogens (tertiary/aromatic N) is 2. The highest BCUT2D eigenvalue weighted by atomic mass is 35.5. The van der Waals surface area contributed by atoms with E-state index in [2.05, 4.69) is 15.5 Å². The van der Waals surface area contributed by atoms with E-state index in [-0.39, 0.29) is 17.0 Å². The van der Waals surface area contributed by atoms with E-state index in [1.807, 2.05) is 6.92 Å². The number of azo groups is 1. The van der Waals surface area contributed by atoms with Gasteiger partial charge >= 0.3 is 5.97 Å². The van der Waals surface area contributed by atoms with Crippen molar-refractivity contribution >= 4 is 34.9 Å². The topological polar surface area (TPSA) is 108 Å². The Kier molecular flexibility index (Phi) is 6.57. The van der Waals surface area contributed by atoms with Gasteiger partial charge in [0.1, 0.15) is 5.88 Å². The summed E-state index contributed by atoms with van der Waals surface area (Å²) in [6, 6.07) is 13.6. The van der Waals surface area contributed by atoms with Gasteiger partial charge < -0.3 is 10.4 Å². The Morgan fingerprint density at radius 2 is 1.85 bits per heavy atom. The summed E-state index contributed by atoms with van der Waals surface area (Å²) in [5.41, 5.74) is 1.80. The van der Waals surface area contributed by atoms with E-state index in [1.165, 1.54) is 0 Å². The highest BCUT2D eigenvalue weighted by Gasteiger charge is 2.19. The number of carbonyl (C=O) groups excluding carboxylic acids is 2. The minimum absolute atomic E-state index is 0.204. The number of rotatable bonds is 7. The van der Waals surface area contributed by atoms with Crippen LogP contribution in [0.5, 0.6) is 0 Å². The number of benzene rings is 2. The minimum Gasteiger partial charge on any atom is -0.478 e. The Morgan fingerprint density at radius 3 is 2.46 bits per heavy atom. The van der Waals surface area contributed by atoms with Gasteiger partial charge in [-0.1, -0.05) is 42.0 Å². The van der Waals surface area contributed by atoms with E-state index in [1.54, 1.807) is 48.5 Å². The molecule has 0 aliphatic rings. The first kappa shape index (κ1) is 19.3. The number of amides is 1. The van der Waals surface area contributed by atoms with Crippen LogP contribution in [0.15, 0.2) is 58.8 Å². The van der Waals surface area contributed by atoms with Gasteiger partial charge in [0.2, 0.25) is 12.1 Å². The van der Waals surface area contributed by atoms with Crippen molar-refractivity contribution in [1.82, 2.24) is 5.32 Å². The molecule has 26 heavy (non-hydrogen) atoms. The fraction of sp³-hybridized carbons (Fsp3) is 0.167. The van der Waals surface area contributed by atoms with Gasteiger partial charge in [-0.2, -0.15) is 10.2 Å². The highest BCUT2D eigenvalue weighted by Crippen LogP contribution is 2.24. The zero-order valence-corrected chi connectivity index (χ0v) is 14.6. The predicted octanol–water partition coefficient (Wildman–Crippen LogP) is 3.08. The zero-order valence-electron chi connectivity index (χ0n) is 13.8. The van der Waals surface area contributed by atoms with Crippen molar-refractivity contribution in [2.24, 2.45) is 10.2 Å². The average molecular weight is 374 g/mol. The summed E-state index contributed by atoms with van der Waals surface area (Å²) < 4.78 is 0. The lowest BCUT2D eigenvalue weighted by molar-refractivity contribution is -0.141. The van der Waals surface area contributed by atoms with Gasteiger partial charge in [-0.15, -0.1) is 11.6 Å². The van der Waals surface area contributed by atoms with E-state index >= 15 is 0 Å². The van der Waals surface area contributed by atoms with E-state index in [4.69, 9.17) is 16.7 Å². The van der Waals surface area contributed by atoms with Crippen molar-refractivity contribution in [2.45, 2.75) is 13.1 Å². The van der Waals surface area contributed by atoms with Crippen LogP contribution >= 0.6 is 11.6 Å². The fourth-order valence-corrected chi connectivity index (χ4v) is 2.19. The average Bonchev–Trinajstić information content (AvgIpc) is 2.65. The van der Waals surface area contributed by atoms with Crippen molar-refractivity contribution in [3.8, 4) is 0 Å². The number of carboxylic acid groups (broad SMARTS) is 1. The molecule has 7 nitrogen and oxygen atoms in total. The fourth-order valence-electron chi connectivity index (χ4n) is 2.11. The SMILES string of the molecule is Cc1ccc(N=NC(NC(=O)CCl)C(=O)O)c(C(=O)c2ccccc2)c1. The van der Waals surface area contributed by atoms with Crippen LogP contribution in [0.1, 0.15) is 21.5 Å². The molecule has 1 atom stereocenters. The number of halogens is 1. The maximum Gasteiger partial charge on any atom is 0.351 e. The number of nitrogens with one attached hydrogen (secondary N) is 1. The van der Waals surface area contributed by atoms with Crippen molar-refractivity contribution in [2.75, 3.05) is 5.88 Å². The van der Waals surface area contributed by atoms with Crippen LogP contribution < -0.4 is 5.32 Å². The second-order valence-electron chi connectivity index (χ2n) is 5.37. The quantitative estimate of drug-likeness (QED) is 0.441. The van der Waals surface area contributed by atoms with Crippen molar-refractivity contribution in [3.05, 3.63) is 65.2 Å². The lowest BCUT2D eigenvalue weighted by Gasteiger charge is -2.09. The molecule has 0 spiro atoms. The second-order valence-corrected chi connectivity index (χ2v) is 5.64. The van der Waals surface area contributed by atoms with Gasteiger partial charge in [-0.05, 0) is 19.1 Å². The summed E-state index contributed by atoms with van der Waals surface area (Å²) in [5, 5.41) is 18.7. The lowest BCUT2D eigenvalue weighted by Crippen LogP contribution is -2.39. The summed E-state index contributed by atoms with van der Waals surface area (Å²) in [4.78, 5) is 35.2. The first-order valence-corrected chi connectivity index (χ1v) is 8.15. The minimum atomic E-state index is -1.60. The van der Waals surface area contributed by atoms with Crippen LogP contribution in [0, 0.1) is 6.92 Å². The molecule has 0 saturated heterocycles. The van der Waals surface area contributed by atoms with Gasteiger partial charge in [0.05, 0.1) is 11.3 Å². The summed E-state index contributed by atoms with van der Waals surface area (Å²) in [6.07, 6.45) is -1.60. The van der Waals surface area contributed by atoms with Crippen LogP contribution in [0.25, 0.3) is 0 Å². The molecule has 0 aliphatic carbocycles. The number of hydrogen-bond acceptors (Lipinski definition) is 5. The van der Waals surface area contributed by atoms with Gasteiger partial charge in [-0.25, -0.2) is 4.79 Å². The summed E-state index contributed by atoms with van der Waals surface area (Å²) in [5.74, 6) is -2.75. The predicted molar refractivity (Wildman–Crippen MR) is 95.9 cm³/mol. The summed E-state index contributed by atoms with van der Waals surface area (Å²) in [7, 11) is 0. The Bertz CT molecular complexity index is 853. The molecule has 1 amide bonds. The monoisotopic (exact) mass is 373 g/mol. The number of hydrogen-bond donors (Lipinski definition) is 2. The Morgan fingerprint density at radius 1 is 1.15 bits per heavy atom. The molecule has 1 unspecified atom stereocenters. The Hall–Kier alpha value is -3.06. The van der Waals surface area contributed by atoms with Crippen molar-refractivity contribution in [3.63, 3.8) is 0 Å². The largest absolute Gasteiger partial charge is 0.478 e. The van der Waals surface area contributed by atoms with Gasteiger partial charge in [0, 0.05) is 5.56 Å². The van der Waals surface area contributed by atoms with Crippen LogP contribution in [0.4, 0.5) is 5.69 Å². The molecule has 2 rings (SSSR count). The number of carbonyl (C=O) groups is 3. The molecule has 2 aromatic rings. The summed E-state index contributed by atoms with van der Waals surface area (Å²) in [6.45, 7) is 1.82. The molecule has 0 radical (unpaired) electrons. The second kappa shape index (κ2) is 8.87. The smallest absolute Gasteiger partial charge is 0.351 e. The molecule has 0 aliphatic heterocycles. The summed E-state index contributed by atoms with van der Waals surface area (Å²) >= 11 is 5.35. The van der Waals surface area contributed by atoms with E-state index < -0.39 is 23.9 Å². The van der Waals surface area contributed by atoms with Crippen LogP contribution in [-0.4, -0.2) is 34.8 Å². The lowest BCUT2D eigenvalue weighted by atomic mass is 10.00. The Labute approximate surface area is 154 Å². The molecule has 8 heteroatoms. The maximum atomic E-state index is 12.7. The van der Waals surface area contributed by atoms with E-state index in [0.717, 1.165) is 5.56 Å². The normalized spacial score (nSPS) is 11.9. The third-order valence-electron chi connectivity index (χ3n) is 3.37. The van der Waals surface area contributed by atoms with Crippen molar-refractivity contribution < 1.29 is 19.5 Å². The molecule has 0 saturated carbocycles. The number of ketones is 1. The van der Waals surface area contributed by atoms with Crippen LogP contribution in [-0.2, 0) is 9.59 Å². The molecular weight excluding hydrogens is 358 g/mol. The molecule has 134 valence electrons. The number of aryl methyl sites for hydroxylation is 1. The van der Waals surface area contributed by atoms with E-state index in [0.29, 0.717) is 5.56 Å². The zero-order chi connectivity index (χ0) is 19.1. The number of aliphatic carboxylic acids is 1. The van der Waals surface area contributed by atoms with Gasteiger partial charge in [-0.3, -0.25) is 9.59 Å². The van der Waals surface area contributed by atoms with Crippen molar-refractivity contribution in [1.29, 1.82) is 0 Å². The first-order valence-electron chi connectivity index (χ1n) is 7.61. The van der Waals surface area contributed by atoms with Crippen LogP contribution in [0.2, 0.25) is 0 Å². The number of carboxylic acids is 1. The third-order valence-corrected chi connectivity index (χ3v) is 3.61. The maximum absolute atomic E-state index is 12.7. The van der Waals surface area contributed by atoms with Gasteiger partial charge in [0.25, 0.3) is 0 Å². The third kappa shape index (κ3) is 4.97.